The lowest BCUT2D eigenvalue weighted by Gasteiger charge is -1.97. The summed E-state index contributed by atoms with van der Waals surface area (Å²) in [6.07, 6.45) is 1.55. The van der Waals surface area contributed by atoms with Gasteiger partial charge in [-0.05, 0) is 18.6 Å². The van der Waals surface area contributed by atoms with Crippen LogP contribution >= 0.6 is 0 Å². The summed E-state index contributed by atoms with van der Waals surface area (Å²) >= 11 is 0. The molecule has 5 heteroatoms. The van der Waals surface area contributed by atoms with E-state index in [-0.39, 0.29) is 5.69 Å². The molecule has 0 saturated heterocycles. The van der Waals surface area contributed by atoms with Crippen molar-refractivity contribution in [2.75, 3.05) is 0 Å². The first-order valence-corrected chi connectivity index (χ1v) is 4.01. The van der Waals surface area contributed by atoms with E-state index in [1.165, 1.54) is 4.40 Å². The maximum absolute atomic E-state index is 10.8. The third-order valence-corrected chi connectivity index (χ3v) is 2.03. The normalized spacial score (nSPS) is 10.6. The van der Waals surface area contributed by atoms with Gasteiger partial charge in [0.25, 0.3) is 0 Å². The van der Waals surface area contributed by atoms with Crippen LogP contribution in [0.25, 0.3) is 5.65 Å². The van der Waals surface area contributed by atoms with Crippen LogP contribution in [0.5, 0.6) is 5.88 Å². The molecule has 14 heavy (non-hydrogen) atoms. The Kier molecular flexibility index (Phi) is 1.67. The number of fused-ring (bicyclic) bond motifs is 1. The van der Waals surface area contributed by atoms with Crippen LogP contribution in [-0.4, -0.2) is 25.6 Å². The summed E-state index contributed by atoms with van der Waals surface area (Å²) in [4.78, 5) is 14.6. The minimum Gasteiger partial charge on any atom is -0.492 e. The monoisotopic (exact) mass is 192 g/mol. The van der Waals surface area contributed by atoms with Gasteiger partial charge in [0.1, 0.15) is 5.65 Å². The standard InChI is InChI=1S/C9H8N2O3/c1-5-3-2-4-11-6(9(13)14)8(12)10-7(5)11/h2-4,12H,1H3,(H,13,14). The van der Waals surface area contributed by atoms with Gasteiger partial charge in [-0.25, -0.2) is 4.79 Å². The number of hydrogen-bond donors (Lipinski definition) is 2. The second-order valence-corrected chi connectivity index (χ2v) is 2.97. The number of nitrogens with zero attached hydrogens (tertiary/aromatic N) is 2. The number of aromatic hydroxyl groups is 1. The SMILES string of the molecule is Cc1cccn2c(C(=O)O)c(O)nc12. The molecule has 2 N–H and O–H groups in total. The van der Waals surface area contributed by atoms with Crippen LogP contribution in [0.3, 0.4) is 0 Å². The van der Waals surface area contributed by atoms with Gasteiger partial charge in [-0.3, -0.25) is 4.40 Å². The fourth-order valence-electron chi connectivity index (χ4n) is 1.39. The largest absolute Gasteiger partial charge is 0.492 e. The van der Waals surface area contributed by atoms with E-state index in [2.05, 4.69) is 4.98 Å². The van der Waals surface area contributed by atoms with Crippen molar-refractivity contribution < 1.29 is 15.0 Å². The van der Waals surface area contributed by atoms with Gasteiger partial charge in [-0.15, -0.1) is 0 Å². The molecule has 0 aromatic carbocycles. The van der Waals surface area contributed by atoms with Crippen molar-refractivity contribution in [3.05, 3.63) is 29.6 Å². The Balaban J connectivity index is 2.90. The van der Waals surface area contributed by atoms with E-state index in [9.17, 15) is 9.90 Å². The highest BCUT2D eigenvalue weighted by Crippen LogP contribution is 2.20. The van der Waals surface area contributed by atoms with Crippen LogP contribution in [0.1, 0.15) is 16.1 Å². The molecule has 0 bridgehead atoms. The van der Waals surface area contributed by atoms with Gasteiger partial charge in [-0.1, -0.05) is 6.07 Å². The van der Waals surface area contributed by atoms with Crippen LogP contribution in [0.15, 0.2) is 18.3 Å². The van der Waals surface area contributed by atoms with E-state index in [1.54, 1.807) is 25.3 Å². The van der Waals surface area contributed by atoms with Crippen LogP contribution < -0.4 is 0 Å². The number of rotatable bonds is 1. The van der Waals surface area contributed by atoms with Crippen molar-refractivity contribution in [3.63, 3.8) is 0 Å². The Morgan fingerprint density at radius 3 is 2.93 bits per heavy atom. The van der Waals surface area contributed by atoms with Crippen molar-refractivity contribution in [2.45, 2.75) is 6.92 Å². The third kappa shape index (κ3) is 1.02. The molecule has 5 nitrogen and oxygen atoms in total. The minimum absolute atomic E-state index is 0.205. The molecule has 2 aromatic heterocycles. The summed E-state index contributed by atoms with van der Waals surface area (Å²) in [5.74, 6) is -1.65. The topological polar surface area (TPSA) is 74.8 Å². The second kappa shape index (κ2) is 2.73. The van der Waals surface area contributed by atoms with Gasteiger partial charge in [0, 0.05) is 6.20 Å². The molecule has 2 aromatic rings. The third-order valence-electron chi connectivity index (χ3n) is 2.03. The van der Waals surface area contributed by atoms with E-state index in [4.69, 9.17) is 5.11 Å². The van der Waals surface area contributed by atoms with Crippen molar-refractivity contribution in [2.24, 2.45) is 0 Å². The zero-order chi connectivity index (χ0) is 10.3. The van der Waals surface area contributed by atoms with E-state index in [1.807, 2.05) is 0 Å². The molecule has 2 rings (SSSR count). The Morgan fingerprint density at radius 2 is 2.29 bits per heavy atom. The van der Waals surface area contributed by atoms with Crippen LogP contribution in [0, 0.1) is 6.92 Å². The fraction of sp³-hybridized carbons (Fsp3) is 0.111. The highest BCUT2D eigenvalue weighted by molar-refractivity contribution is 5.89. The van der Waals surface area contributed by atoms with Gasteiger partial charge in [0.2, 0.25) is 5.88 Å². The lowest BCUT2D eigenvalue weighted by Crippen LogP contribution is -2.01. The van der Waals surface area contributed by atoms with Crippen molar-refractivity contribution in [1.29, 1.82) is 0 Å². The Labute approximate surface area is 79.2 Å². The number of carboxylic acid groups (broad SMARTS) is 1. The van der Waals surface area contributed by atoms with Crippen molar-refractivity contribution >= 4 is 11.6 Å². The summed E-state index contributed by atoms with van der Waals surface area (Å²) < 4.78 is 1.35. The molecular formula is C9H8N2O3. The average molecular weight is 192 g/mol. The molecule has 0 aliphatic rings. The predicted octanol–water partition coefficient (Wildman–Crippen LogP) is 1.05. The summed E-state index contributed by atoms with van der Waals surface area (Å²) in [6.45, 7) is 1.80. The van der Waals surface area contributed by atoms with Gasteiger partial charge < -0.3 is 10.2 Å². The molecule has 0 saturated carbocycles. The maximum atomic E-state index is 10.8. The molecule has 0 radical (unpaired) electrons. The van der Waals surface area contributed by atoms with Crippen LogP contribution in [-0.2, 0) is 0 Å². The van der Waals surface area contributed by atoms with Crippen LogP contribution in [0.2, 0.25) is 0 Å². The number of aromatic nitrogens is 2. The molecule has 0 spiro atoms. The molecule has 0 atom stereocenters. The summed E-state index contributed by atoms with van der Waals surface area (Å²) in [5.41, 5.74) is 1.07. The van der Waals surface area contributed by atoms with Gasteiger partial charge >= 0.3 is 5.97 Å². The van der Waals surface area contributed by atoms with Gasteiger partial charge in [0.15, 0.2) is 5.69 Å². The first kappa shape index (κ1) is 8.55. The molecule has 0 aliphatic carbocycles. The van der Waals surface area contributed by atoms with E-state index in [0.717, 1.165) is 5.56 Å². The number of imidazole rings is 1. The zero-order valence-corrected chi connectivity index (χ0v) is 7.43. The highest BCUT2D eigenvalue weighted by Gasteiger charge is 2.18. The number of carboxylic acids is 1. The maximum Gasteiger partial charge on any atom is 0.358 e. The fourth-order valence-corrected chi connectivity index (χ4v) is 1.39. The Hall–Kier alpha value is -2.04. The lowest BCUT2D eigenvalue weighted by molar-refractivity contribution is 0.0686. The molecule has 2 heterocycles. The van der Waals surface area contributed by atoms with E-state index in [0.29, 0.717) is 5.65 Å². The first-order valence-electron chi connectivity index (χ1n) is 4.01. The quantitative estimate of drug-likeness (QED) is 0.708. The molecule has 0 unspecified atom stereocenters. The molecule has 0 fully saturated rings. The number of hydrogen-bond acceptors (Lipinski definition) is 3. The second-order valence-electron chi connectivity index (χ2n) is 2.97. The summed E-state index contributed by atoms with van der Waals surface area (Å²) in [5, 5.41) is 18.1. The smallest absolute Gasteiger partial charge is 0.358 e. The summed E-state index contributed by atoms with van der Waals surface area (Å²) in [6, 6.07) is 3.50. The Morgan fingerprint density at radius 1 is 1.57 bits per heavy atom. The van der Waals surface area contributed by atoms with Crippen molar-refractivity contribution in [3.8, 4) is 5.88 Å². The van der Waals surface area contributed by atoms with Gasteiger partial charge in [0.05, 0.1) is 0 Å². The molecule has 72 valence electrons. The zero-order valence-electron chi connectivity index (χ0n) is 7.43. The van der Waals surface area contributed by atoms with Crippen LogP contribution in [0.4, 0.5) is 0 Å². The lowest BCUT2D eigenvalue weighted by atomic mass is 10.3. The molecule has 0 amide bonds. The molecule has 0 aliphatic heterocycles. The Bertz CT molecular complexity index is 516. The number of aryl methyl sites for hydroxylation is 1. The van der Waals surface area contributed by atoms with E-state index >= 15 is 0 Å². The van der Waals surface area contributed by atoms with Gasteiger partial charge in [-0.2, -0.15) is 4.98 Å². The average Bonchev–Trinajstić information content (AvgIpc) is 2.42. The first-order chi connectivity index (χ1) is 6.61. The van der Waals surface area contributed by atoms with E-state index < -0.39 is 11.8 Å². The highest BCUT2D eigenvalue weighted by atomic mass is 16.4. The number of carbonyl (C=O) groups is 1. The summed E-state index contributed by atoms with van der Waals surface area (Å²) in [7, 11) is 0. The van der Waals surface area contributed by atoms with Crippen molar-refractivity contribution in [1.82, 2.24) is 9.38 Å². The number of pyridine rings is 1. The molecular weight excluding hydrogens is 184 g/mol. The minimum atomic E-state index is -1.19. The predicted molar refractivity (Wildman–Crippen MR) is 48.6 cm³/mol. The number of aromatic carboxylic acids is 1.